The molecule has 1 rings (SSSR count). The molecule has 0 saturated carbocycles. The van der Waals surface area contributed by atoms with Gasteiger partial charge in [-0.1, -0.05) is 17.9 Å². The number of hydrogen-bond acceptors (Lipinski definition) is 2. The van der Waals surface area contributed by atoms with E-state index >= 15 is 0 Å². The van der Waals surface area contributed by atoms with Crippen LogP contribution in [0.3, 0.4) is 0 Å². The number of carboxylic acids is 1. The maximum Gasteiger partial charge on any atom is 0.335 e. The molecule has 3 heteroatoms. The molecular formula is C12H13NO2. The molecule has 0 fully saturated rings. The van der Waals surface area contributed by atoms with Gasteiger partial charge in [0.25, 0.3) is 0 Å². The van der Waals surface area contributed by atoms with E-state index in [1.807, 2.05) is 13.1 Å². The summed E-state index contributed by atoms with van der Waals surface area (Å²) in [5.41, 5.74) is 1.80. The van der Waals surface area contributed by atoms with Gasteiger partial charge in [-0.2, -0.15) is 0 Å². The van der Waals surface area contributed by atoms with Crippen LogP contribution in [0, 0.1) is 18.8 Å². The van der Waals surface area contributed by atoms with Crippen molar-refractivity contribution in [2.24, 2.45) is 0 Å². The van der Waals surface area contributed by atoms with Gasteiger partial charge >= 0.3 is 5.97 Å². The van der Waals surface area contributed by atoms with Gasteiger partial charge in [0.05, 0.1) is 12.1 Å². The van der Waals surface area contributed by atoms with Gasteiger partial charge in [-0.05, 0) is 31.7 Å². The number of hydrogen-bond donors (Lipinski definition) is 2. The summed E-state index contributed by atoms with van der Waals surface area (Å²) < 4.78 is 0. The zero-order valence-electron chi connectivity index (χ0n) is 8.79. The van der Waals surface area contributed by atoms with Crippen molar-refractivity contribution in [1.29, 1.82) is 0 Å². The summed E-state index contributed by atoms with van der Waals surface area (Å²) in [6.07, 6.45) is 0. The Morgan fingerprint density at radius 3 is 2.87 bits per heavy atom. The third-order valence-corrected chi connectivity index (χ3v) is 2.05. The second kappa shape index (κ2) is 5.18. The second-order valence-corrected chi connectivity index (χ2v) is 3.12. The average Bonchev–Trinajstić information content (AvgIpc) is 2.20. The smallest absolute Gasteiger partial charge is 0.335 e. The Hall–Kier alpha value is -1.79. The van der Waals surface area contributed by atoms with Gasteiger partial charge in [0, 0.05) is 5.56 Å². The Morgan fingerprint density at radius 2 is 2.27 bits per heavy atom. The summed E-state index contributed by atoms with van der Waals surface area (Å²) in [5, 5.41) is 11.8. The van der Waals surface area contributed by atoms with Crippen LogP contribution in [-0.2, 0) is 0 Å². The van der Waals surface area contributed by atoms with E-state index in [9.17, 15) is 4.79 Å². The first-order valence-corrected chi connectivity index (χ1v) is 4.63. The average molecular weight is 203 g/mol. The third-order valence-electron chi connectivity index (χ3n) is 2.05. The monoisotopic (exact) mass is 203 g/mol. The summed E-state index contributed by atoms with van der Waals surface area (Å²) in [7, 11) is 1.81. The lowest BCUT2D eigenvalue weighted by Gasteiger charge is -2.02. The first-order valence-electron chi connectivity index (χ1n) is 4.63. The van der Waals surface area contributed by atoms with Crippen LogP contribution in [0.15, 0.2) is 18.2 Å². The molecular weight excluding hydrogens is 190 g/mol. The van der Waals surface area contributed by atoms with Gasteiger partial charge in [0.1, 0.15) is 0 Å². The molecule has 0 heterocycles. The van der Waals surface area contributed by atoms with Crippen molar-refractivity contribution in [1.82, 2.24) is 5.32 Å². The van der Waals surface area contributed by atoms with Crippen molar-refractivity contribution in [3.05, 3.63) is 34.9 Å². The van der Waals surface area contributed by atoms with Gasteiger partial charge in [-0.25, -0.2) is 4.79 Å². The molecule has 0 aromatic heterocycles. The molecule has 15 heavy (non-hydrogen) atoms. The van der Waals surface area contributed by atoms with Crippen molar-refractivity contribution in [2.75, 3.05) is 13.6 Å². The Labute approximate surface area is 89.1 Å². The molecule has 0 unspecified atom stereocenters. The molecule has 1 aromatic carbocycles. The van der Waals surface area contributed by atoms with Gasteiger partial charge in [0.2, 0.25) is 0 Å². The molecule has 0 saturated heterocycles. The Bertz CT molecular complexity index is 427. The van der Waals surface area contributed by atoms with Crippen molar-refractivity contribution in [3.63, 3.8) is 0 Å². The zero-order valence-corrected chi connectivity index (χ0v) is 8.79. The molecule has 2 N–H and O–H groups in total. The highest BCUT2D eigenvalue weighted by atomic mass is 16.4. The molecule has 0 spiro atoms. The molecule has 78 valence electrons. The minimum absolute atomic E-state index is 0.311. The standard InChI is InChI=1S/C12H13NO2/c1-9-10(6-4-8-13-2)5-3-7-11(9)12(14)15/h3,5,7,13H,8H2,1-2H3,(H,14,15). The van der Waals surface area contributed by atoms with Crippen molar-refractivity contribution >= 4 is 5.97 Å². The molecule has 0 aliphatic heterocycles. The molecule has 0 aliphatic rings. The van der Waals surface area contributed by atoms with E-state index in [0.29, 0.717) is 17.7 Å². The van der Waals surface area contributed by atoms with E-state index in [2.05, 4.69) is 17.2 Å². The van der Waals surface area contributed by atoms with Crippen LogP contribution < -0.4 is 5.32 Å². The van der Waals surface area contributed by atoms with Crippen LogP contribution in [0.1, 0.15) is 21.5 Å². The largest absolute Gasteiger partial charge is 0.478 e. The second-order valence-electron chi connectivity index (χ2n) is 3.12. The van der Waals surface area contributed by atoms with Crippen LogP contribution in [0.2, 0.25) is 0 Å². The molecule has 0 bridgehead atoms. The van der Waals surface area contributed by atoms with Gasteiger partial charge in [0.15, 0.2) is 0 Å². The van der Waals surface area contributed by atoms with E-state index in [-0.39, 0.29) is 0 Å². The fraction of sp³-hybridized carbons (Fsp3) is 0.250. The molecule has 0 aliphatic carbocycles. The van der Waals surface area contributed by atoms with Crippen LogP contribution in [0.25, 0.3) is 0 Å². The summed E-state index contributed by atoms with van der Waals surface area (Å²) in [6.45, 7) is 2.36. The molecule has 0 atom stereocenters. The topological polar surface area (TPSA) is 49.3 Å². The lowest BCUT2D eigenvalue weighted by Crippen LogP contribution is -2.05. The number of rotatable bonds is 2. The molecule has 3 nitrogen and oxygen atoms in total. The van der Waals surface area contributed by atoms with E-state index in [4.69, 9.17) is 5.11 Å². The Balaban J connectivity index is 3.06. The number of carboxylic acid groups (broad SMARTS) is 1. The highest BCUT2D eigenvalue weighted by molar-refractivity contribution is 5.90. The van der Waals surface area contributed by atoms with Crippen LogP contribution in [0.5, 0.6) is 0 Å². The van der Waals surface area contributed by atoms with E-state index in [1.54, 1.807) is 19.1 Å². The Morgan fingerprint density at radius 1 is 1.53 bits per heavy atom. The zero-order chi connectivity index (χ0) is 11.3. The van der Waals surface area contributed by atoms with E-state index < -0.39 is 5.97 Å². The SMILES string of the molecule is CNCC#Cc1cccc(C(=O)O)c1C. The summed E-state index contributed by atoms with van der Waals surface area (Å²) >= 11 is 0. The number of nitrogens with one attached hydrogen (secondary N) is 1. The van der Waals surface area contributed by atoms with Crippen molar-refractivity contribution in [2.45, 2.75) is 6.92 Å². The van der Waals surface area contributed by atoms with Crippen LogP contribution in [-0.4, -0.2) is 24.7 Å². The van der Waals surface area contributed by atoms with E-state index in [1.165, 1.54) is 0 Å². The highest BCUT2D eigenvalue weighted by Crippen LogP contribution is 2.12. The fourth-order valence-electron chi connectivity index (χ4n) is 1.23. The minimum atomic E-state index is -0.912. The first-order chi connectivity index (χ1) is 7.16. The maximum absolute atomic E-state index is 10.8. The van der Waals surface area contributed by atoms with Crippen LogP contribution in [0.4, 0.5) is 0 Å². The Kier molecular flexibility index (Phi) is 3.90. The minimum Gasteiger partial charge on any atom is -0.478 e. The summed E-state index contributed by atoms with van der Waals surface area (Å²) in [6, 6.07) is 5.12. The lowest BCUT2D eigenvalue weighted by molar-refractivity contribution is 0.0696. The number of benzene rings is 1. The summed E-state index contributed by atoms with van der Waals surface area (Å²) in [4.78, 5) is 10.8. The van der Waals surface area contributed by atoms with Gasteiger partial charge in [-0.3, -0.25) is 0 Å². The summed E-state index contributed by atoms with van der Waals surface area (Å²) in [5.74, 6) is 4.93. The van der Waals surface area contributed by atoms with Crippen molar-refractivity contribution in [3.8, 4) is 11.8 Å². The molecule has 1 aromatic rings. The predicted octanol–water partition coefficient (Wildman–Crippen LogP) is 1.26. The van der Waals surface area contributed by atoms with E-state index in [0.717, 1.165) is 5.56 Å². The predicted molar refractivity (Wildman–Crippen MR) is 58.9 cm³/mol. The lowest BCUT2D eigenvalue weighted by atomic mass is 10.0. The fourth-order valence-corrected chi connectivity index (χ4v) is 1.23. The normalized spacial score (nSPS) is 9.20. The number of aromatic carboxylic acids is 1. The third kappa shape index (κ3) is 2.83. The number of carbonyl (C=O) groups is 1. The highest BCUT2D eigenvalue weighted by Gasteiger charge is 2.07. The quantitative estimate of drug-likeness (QED) is 0.711. The molecule has 0 radical (unpaired) electrons. The van der Waals surface area contributed by atoms with Crippen molar-refractivity contribution < 1.29 is 9.90 Å². The van der Waals surface area contributed by atoms with Gasteiger partial charge in [-0.15, -0.1) is 0 Å². The molecule has 0 amide bonds. The maximum atomic E-state index is 10.8. The van der Waals surface area contributed by atoms with Crippen LogP contribution >= 0.6 is 0 Å². The first kappa shape index (κ1) is 11.3. The van der Waals surface area contributed by atoms with Gasteiger partial charge < -0.3 is 10.4 Å².